The number of rotatable bonds is 5. The molecule has 0 bridgehead atoms. The average molecular weight is 309 g/mol. The molecule has 0 radical (unpaired) electrons. The summed E-state index contributed by atoms with van der Waals surface area (Å²) in [6, 6.07) is 8.16. The lowest BCUT2D eigenvalue weighted by Crippen LogP contribution is -2.14. The molecule has 5 nitrogen and oxygen atoms in total. The van der Waals surface area contributed by atoms with E-state index in [4.69, 9.17) is 5.14 Å². The number of halogens is 1. The van der Waals surface area contributed by atoms with Crippen LogP contribution in [0.1, 0.15) is 24.1 Å². The van der Waals surface area contributed by atoms with Crippen LogP contribution in [-0.2, 0) is 15.8 Å². The third kappa shape index (κ3) is 4.80. The van der Waals surface area contributed by atoms with Gasteiger partial charge in [-0.05, 0) is 36.2 Å². The Morgan fingerprint density at radius 1 is 1.29 bits per heavy atom. The molecular formula is C14H16FN3O2S. The summed E-state index contributed by atoms with van der Waals surface area (Å²) in [5.41, 5.74) is 2.14. The summed E-state index contributed by atoms with van der Waals surface area (Å²) in [6.45, 7) is 1.88. The highest BCUT2D eigenvalue weighted by Gasteiger charge is 2.08. The van der Waals surface area contributed by atoms with Crippen LogP contribution in [0, 0.1) is 5.82 Å². The standard InChI is InChI=1S/C14H16FN3O2S/c1-10(12-6-13(15)8-17-7-12)18-14-4-2-11(3-5-14)9-21(16,19)20/h2-8,10,18H,9H2,1H3,(H2,16,19,20). The van der Waals surface area contributed by atoms with Gasteiger partial charge in [-0.15, -0.1) is 0 Å². The first-order chi connectivity index (χ1) is 9.83. The molecule has 0 amide bonds. The van der Waals surface area contributed by atoms with Crippen LogP contribution < -0.4 is 10.5 Å². The quantitative estimate of drug-likeness (QED) is 0.886. The monoisotopic (exact) mass is 309 g/mol. The normalized spacial score (nSPS) is 12.9. The number of nitrogens with two attached hydrogens (primary N) is 1. The smallest absolute Gasteiger partial charge is 0.213 e. The zero-order valence-electron chi connectivity index (χ0n) is 11.5. The highest BCUT2D eigenvalue weighted by molar-refractivity contribution is 7.88. The van der Waals surface area contributed by atoms with E-state index < -0.39 is 10.0 Å². The van der Waals surface area contributed by atoms with Crippen LogP contribution in [0.3, 0.4) is 0 Å². The van der Waals surface area contributed by atoms with Crippen LogP contribution >= 0.6 is 0 Å². The predicted octanol–water partition coefficient (Wildman–Crippen LogP) is 2.18. The molecule has 2 aromatic rings. The van der Waals surface area contributed by atoms with Crippen molar-refractivity contribution in [3.05, 3.63) is 59.7 Å². The van der Waals surface area contributed by atoms with Gasteiger partial charge in [-0.3, -0.25) is 4.98 Å². The van der Waals surface area contributed by atoms with Gasteiger partial charge in [0.25, 0.3) is 0 Å². The van der Waals surface area contributed by atoms with Crippen molar-refractivity contribution in [1.82, 2.24) is 4.98 Å². The van der Waals surface area contributed by atoms with E-state index in [1.165, 1.54) is 6.07 Å². The largest absolute Gasteiger partial charge is 0.378 e. The number of sulfonamides is 1. The molecular weight excluding hydrogens is 293 g/mol. The second-order valence-corrected chi connectivity index (χ2v) is 6.42. The summed E-state index contributed by atoms with van der Waals surface area (Å²) in [6.07, 6.45) is 2.74. The van der Waals surface area contributed by atoms with Gasteiger partial charge >= 0.3 is 0 Å². The first kappa shape index (κ1) is 15.4. The maximum absolute atomic E-state index is 13.1. The van der Waals surface area contributed by atoms with E-state index in [0.29, 0.717) is 5.56 Å². The fourth-order valence-corrected chi connectivity index (χ4v) is 2.58. The number of aromatic nitrogens is 1. The summed E-state index contributed by atoms with van der Waals surface area (Å²) < 4.78 is 35.1. The first-order valence-electron chi connectivity index (χ1n) is 6.30. The molecule has 0 saturated heterocycles. The van der Waals surface area contributed by atoms with Crippen molar-refractivity contribution < 1.29 is 12.8 Å². The second kappa shape index (κ2) is 6.19. The SMILES string of the molecule is CC(Nc1ccc(CS(N)(=O)=O)cc1)c1cncc(F)c1. The minimum Gasteiger partial charge on any atom is -0.378 e. The fraction of sp³-hybridized carbons (Fsp3) is 0.214. The Morgan fingerprint density at radius 2 is 1.95 bits per heavy atom. The number of benzene rings is 1. The fourth-order valence-electron chi connectivity index (χ4n) is 1.93. The first-order valence-corrected chi connectivity index (χ1v) is 8.01. The topological polar surface area (TPSA) is 85.1 Å². The Bertz CT molecular complexity index is 717. The molecule has 1 atom stereocenters. The maximum atomic E-state index is 13.1. The molecule has 0 saturated carbocycles. The minimum absolute atomic E-state index is 0.128. The third-order valence-electron chi connectivity index (χ3n) is 2.93. The van der Waals surface area contributed by atoms with E-state index in [-0.39, 0.29) is 17.6 Å². The molecule has 112 valence electrons. The molecule has 0 aliphatic carbocycles. The molecule has 21 heavy (non-hydrogen) atoms. The Labute approximate surface area is 123 Å². The Morgan fingerprint density at radius 3 is 2.52 bits per heavy atom. The number of primary sulfonamides is 1. The molecule has 0 spiro atoms. The summed E-state index contributed by atoms with van der Waals surface area (Å²) >= 11 is 0. The molecule has 2 rings (SSSR count). The van der Waals surface area contributed by atoms with Crippen LogP contribution in [0.4, 0.5) is 10.1 Å². The van der Waals surface area contributed by atoms with E-state index in [0.717, 1.165) is 17.4 Å². The Balaban J connectivity index is 2.06. The van der Waals surface area contributed by atoms with Crippen LogP contribution in [0.2, 0.25) is 0 Å². The van der Waals surface area contributed by atoms with Gasteiger partial charge in [0.1, 0.15) is 5.82 Å². The van der Waals surface area contributed by atoms with Gasteiger partial charge < -0.3 is 5.32 Å². The molecule has 1 unspecified atom stereocenters. The highest BCUT2D eigenvalue weighted by atomic mass is 32.2. The van der Waals surface area contributed by atoms with Gasteiger partial charge in [0.15, 0.2) is 0 Å². The predicted molar refractivity (Wildman–Crippen MR) is 79.5 cm³/mol. The molecule has 1 heterocycles. The molecule has 0 fully saturated rings. The van der Waals surface area contributed by atoms with Gasteiger partial charge in [-0.25, -0.2) is 17.9 Å². The third-order valence-corrected chi connectivity index (χ3v) is 3.67. The lowest BCUT2D eigenvalue weighted by molar-refractivity contribution is 0.597. The zero-order valence-corrected chi connectivity index (χ0v) is 12.3. The van der Waals surface area contributed by atoms with Gasteiger partial charge in [-0.1, -0.05) is 12.1 Å². The summed E-state index contributed by atoms with van der Waals surface area (Å²) in [5.74, 6) is -0.582. The molecule has 0 aliphatic heterocycles. The summed E-state index contributed by atoms with van der Waals surface area (Å²) in [5, 5.41) is 8.18. The number of nitrogens with one attached hydrogen (secondary N) is 1. The Hall–Kier alpha value is -1.99. The minimum atomic E-state index is -3.53. The van der Waals surface area contributed by atoms with Crippen LogP contribution in [0.5, 0.6) is 0 Å². The van der Waals surface area contributed by atoms with Gasteiger partial charge in [0, 0.05) is 11.9 Å². The van der Waals surface area contributed by atoms with E-state index in [9.17, 15) is 12.8 Å². The van der Waals surface area contributed by atoms with Crippen molar-refractivity contribution in [2.24, 2.45) is 5.14 Å². The maximum Gasteiger partial charge on any atom is 0.213 e. The van der Waals surface area contributed by atoms with Crippen molar-refractivity contribution in [2.75, 3.05) is 5.32 Å². The molecule has 1 aromatic heterocycles. The number of nitrogens with zero attached hydrogens (tertiary/aromatic N) is 1. The van der Waals surface area contributed by atoms with Crippen molar-refractivity contribution in [3.63, 3.8) is 0 Å². The zero-order chi connectivity index (χ0) is 15.5. The number of hydrogen-bond acceptors (Lipinski definition) is 4. The molecule has 0 aliphatic rings. The number of anilines is 1. The van der Waals surface area contributed by atoms with Gasteiger partial charge in [0.05, 0.1) is 18.0 Å². The molecule has 3 N–H and O–H groups in total. The lowest BCUT2D eigenvalue weighted by atomic mass is 10.1. The van der Waals surface area contributed by atoms with E-state index in [2.05, 4.69) is 10.3 Å². The molecule has 7 heteroatoms. The van der Waals surface area contributed by atoms with Crippen molar-refractivity contribution in [3.8, 4) is 0 Å². The second-order valence-electron chi connectivity index (χ2n) is 4.81. The highest BCUT2D eigenvalue weighted by Crippen LogP contribution is 2.19. The average Bonchev–Trinajstić information content (AvgIpc) is 2.39. The van der Waals surface area contributed by atoms with Crippen molar-refractivity contribution in [2.45, 2.75) is 18.7 Å². The van der Waals surface area contributed by atoms with Crippen LogP contribution in [0.15, 0.2) is 42.7 Å². The number of hydrogen-bond donors (Lipinski definition) is 2. The summed E-state index contributed by atoms with van der Waals surface area (Å²) in [4.78, 5) is 3.81. The van der Waals surface area contributed by atoms with E-state index in [1.807, 2.05) is 6.92 Å². The van der Waals surface area contributed by atoms with Crippen molar-refractivity contribution in [1.29, 1.82) is 0 Å². The van der Waals surface area contributed by atoms with E-state index >= 15 is 0 Å². The summed E-state index contributed by atoms with van der Waals surface area (Å²) in [7, 11) is -3.53. The Kier molecular flexibility index (Phi) is 4.54. The number of pyridine rings is 1. The van der Waals surface area contributed by atoms with E-state index in [1.54, 1.807) is 30.5 Å². The van der Waals surface area contributed by atoms with Crippen LogP contribution in [0.25, 0.3) is 0 Å². The molecule has 1 aromatic carbocycles. The van der Waals surface area contributed by atoms with Crippen molar-refractivity contribution >= 4 is 15.7 Å². The van der Waals surface area contributed by atoms with Gasteiger partial charge in [-0.2, -0.15) is 0 Å². The lowest BCUT2D eigenvalue weighted by Gasteiger charge is -2.15. The van der Waals surface area contributed by atoms with Crippen LogP contribution in [-0.4, -0.2) is 13.4 Å². The van der Waals surface area contributed by atoms with Gasteiger partial charge in [0.2, 0.25) is 10.0 Å².